The Balaban J connectivity index is 1.67. The Labute approximate surface area is 150 Å². The van der Waals surface area contributed by atoms with Gasteiger partial charge in [-0.15, -0.1) is 0 Å². The second-order valence-electron chi connectivity index (χ2n) is 6.54. The summed E-state index contributed by atoms with van der Waals surface area (Å²) in [5, 5.41) is 0. The first-order chi connectivity index (χ1) is 12.5. The minimum atomic E-state index is -4.31. The van der Waals surface area contributed by atoms with Gasteiger partial charge in [0.2, 0.25) is 0 Å². The van der Waals surface area contributed by atoms with Crippen molar-refractivity contribution < 1.29 is 13.2 Å². The molecule has 0 atom stereocenters. The summed E-state index contributed by atoms with van der Waals surface area (Å²) in [5.74, 6) is 0. The summed E-state index contributed by atoms with van der Waals surface area (Å²) >= 11 is 0. The fraction of sp³-hybridized carbons (Fsp3) is 0.182. The first-order valence-electron chi connectivity index (χ1n) is 8.61. The van der Waals surface area contributed by atoms with E-state index in [1.54, 1.807) is 6.07 Å². The predicted octanol–water partition coefficient (Wildman–Crippen LogP) is 5.94. The van der Waals surface area contributed by atoms with Crippen molar-refractivity contribution >= 4 is 5.69 Å². The Morgan fingerprint density at radius 1 is 0.846 bits per heavy atom. The molecule has 0 saturated heterocycles. The SMILES string of the molecule is FC(F)(F)c1ccc2c(c1)N(Cc1ccccc1-c1ccccc1)CC2. The van der Waals surface area contributed by atoms with Crippen LogP contribution in [0.3, 0.4) is 0 Å². The highest BCUT2D eigenvalue weighted by atomic mass is 19.4. The Kier molecular flexibility index (Phi) is 4.19. The lowest BCUT2D eigenvalue weighted by molar-refractivity contribution is -0.137. The summed E-state index contributed by atoms with van der Waals surface area (Å²) in [7, 11) is 0. The van der Waals surface area contributed by atoms with Crippen molar-refractivity contribution in [3.8, 4) is 11.1 Å². The van der Waals surface area contributed by atoms with Crippen LogP contribution in [0.25, 0.3) is 11.1 Å². The molecular weight excluding hydrogens is 335 g/mol. The summed E-state index contributed by atoms with van der Waals surface area (Å²) in [6.07, 6.45) is -3.54. The Morgan fingerprint density at radius 3 is 2.35 bits per heavy atom. The van der Waals surface area contributed by atoms with Crippen molar-refractivity contribution in [3.63, 3.8) is 0 Å². The van der Waals surface area contributed by atoms with Crippen molar-refractivity contribution in [1.82, 2.24) is 0 Å². The predicted molar refractivity (Wildman–Crippen MR) is 98.1 cm³/mol. The highest BCUT2D eigenvalue weighted by molar-refractivity contribution is 5.69. The molecule has 0 aliphatic carbocycles. The number of alkyl halides is 3. The number of nitrogens with zero attached hydrogens (tertiary/aromatic N) is 1. The number of hydrogen-bond donors (Lipinski definition) is 0. The van der Waals surface area contributed by atoms with Crippen molar-refractivity contribution in [1.29, 1.82) is 0 Å². The van der Waals surface area contributed by atoms with Crippen molar-refractivity contribution in [2.75, 3.05) is 11.4 Å². The normalized spacial score (nSPS) is 13.7. The highest BCUT2D eigenvalue weighted by Gasteiger charge is 2.32. The van der Waals surface area contributed by atoms with Crippen molar-refractivity contribution in [2.24, 2.45) is 0 Å². The molecule has 132 valence electrons. The largest absolute Gasteiger partial charge is 0.416 e. The third-order valence-electron chi connectivity index (χ3n) is 4.87. The summed E-state index contributed by atoms with van der Waals surface area (Å²) < 4.78 is 39.2. The van der Waals surface area contributed by atoms with Crippen LogP contribution in [-0.2, 0) is 19.1 Å². The van der Waals surface area contributed by atoms with Crippen LogP contribution in [0.1, 0.15) is 16.7 Å². The first-order valence-corrected chi connectivity index (χ1v) is 8.61. The Hall–Kier alpha value is -2.75. The molecule has 0 fully saturated rings. The molecule has 0 bridgehead atoms. The zero-order valence-corrected chi connectivity index (χ0v) is 14.1. The van der Waals surface area contributed by atoms with E-state index in [1.165, 1.54) is 12.1 Å². The number of rotatable bonds is 3. The molecule has 1 aliphatic heterocycles. The zero-order valence-electron chi connectivity index (χ0n) is 14.1. The van der Waals surface area contributed by atoms with Gasteiger partial charge in [0.1, 0.15) is 0 Å². The topological polar surface area (TPSA) is 3.24 Å². The summed E-state index contributed by atoms with van der Waals surface area (Å²) in [4.78, 5) is 2.05. The van der Waals surface area contributed by atoms with E-state index >= 15 is 0 Å². The Morgan fingerprint density at radius 2 is 1.58 bits per heavy atom. The molecular formula is C22H18F3N. The van der Waals surface area contributed by atoms with Gasteiger partial charge in [0.25, 0.3) is 0 Å². The standard InChI is InChI=1S/C22H18F3N/c23-22(24,25)19-11-10-17-12-13-26(21(17)14-19)15-18-8-4-5-9-20(18)16-6-2-1-3-7-16/h1-11,14H,12-13,15H2. The van der Waals surface area contributed by atoms with Gasteiger partial charge in [0, 0.05) is 18.8 Å². The molecule has 0 aromatic heterocycles. The van der Waals surface area contributed by atoms with Gasteiger partial charge in [0.15, 0.2) is 0 Å². The third-order valence-corrected chi connectivity index (χ3v) is 4.87. The molecule has 1 aliphatic rings. The van der Waals surface area contributed by atoms with Crippen LogP contribution >= 0.6 is 0 Å². The van der Waals surface area contributed by atoms with Crippen LogP contribution in [0.5, 0.6) is 0 Å². The average Bonchev–Trinajstić information content (AvgIpc) is 3.04. The molecule has 4 rings (SSSR count). The van der Waals surface area contributed by atoms with Gasteiger partial charge in [0.05, 0.1) is 5.56 Å². The van der Waals surface area contributed by atoms with Crippen LogP contribution < -0.4 is 4.90 Å². The van der Waals surface area contributed by atoms with Crippen LogP contribution in [0.15, 0.2) is 72.8 Å². The van der Waals surface area contributed by atoms with E-state index in [-0.39, 0.29) is 0 Å². The first kappa shape index (κ1) is 16.7. The number of benzene rings is 3. The number of hydrogen-bond acceptors (Lipinski definition) is 1. The summed E-state index contributed by atoms with van der Waals surface area (Å²) in [5.41, 5.74) is 4.45. The van der Waals surface area contributed by atoms with Gasteiger partial charge in [-0.05, 0) is 40.8 Å². The molecule has 0 spiro atoms. The molecule has 0 amide bonds. The van der Waals surface area contributed by atoms with Gasteiger partial charge in [-0.3, -0.25) is 0 Å². The molecule has 1 heterocycles. The molecule has 0 unspecified atom stereocenters. The molecule has 4 heteroatoms. The fourth-order valence-corrected chi connectivity index (χ4v) is 3.55. The second kappa shape index (κ2) is 6.52. The van der Waals surface area contributed by atoms with E-state index in [2.05, 4.69) is 18.2 Å². The number of anilines is 1. The fourth-order valence-electron chi connectivity index (χ4n) is 3.55. The number of fused-ring (bicyclic) bond motifs is 1. The van der Waals surface area contributed by atoms with Crippen LogP contribution in [-0.4, -0.2) is 6.54 Å². The molecule has 0 N–H and O–H groups in total. The quantitative estimate of drug-likeness (QED) is 0.564. The maximum atomic E-state index is 13.1. The van der Waals surface area contributed by atoms with E-state index in [0.29, 0.717) is 12.2 Å². The summed E-state index contributed by atoms with van der Waals surface area (Å²) in [6, 6.07) is 22.2. The van der Waals surface area contributed by atoms with E-state index in [1.807, 2.05) is 41.3 Å². The molecule has 0 radical (unpaired) electrons. The highest BCUT2D eigenvalue weighted by Crippen LogP contribution is 2.37. The van der Waals surface area contributed by atoms with Crippen LogP contribution in [0, 0.1) is 0 Å². The average molecular weight is 353 g/mol. The summed E-state index contributed by atoms with van der Waals surface area (Å²) in [6.45, 7) is 1.33. The minimum Gasteiger partial charge on any atom is -0.367 e. The van der Waals surface area contributed by atoms with Crippen LogP contribution in [0.4, 0.5) is 18.9 Å². The van der Waals surface area contributed by atoms with E-state index in [0.717, 1.165) is 35.2 Å². The van der Waals surface area contributed by atoms with Crippen molar-refractivity contribution in [2.45, 2.75) is 19.1 Å². The monoisotopic (exact) mass is 353 g/mol. The maximum Gasteiger partial charge on any atom is 0.416 e. The van der Waals surface area contributed by atoms with Gasteiger partial charge in [-0.2, -0.15) is 13.2 Å². The second-order valence-corrected chi connectivity index (χ2v) is 6.54. The third kappa shape index (κ3) is 3.19. The molecule has 3 aromatic carbocycles. The maximum absolute atomic E-state index is 13.1. The molecule has 3 aromatic rings. The molecule has 1 nitrogen and oxygen atoms in total. The van der Waals surface area contributed by atoms with Gasteiger partial charge in [-0.25, -0.2) is 0 Å². The number of halogens is 3. The minimum absolute atomic E-state index is 0.584. The lowest BCUT2D eigenvalue weighted by Gasteiger charge is -2.22. The van der Waals surface area contributed by atoms with Crippen molar-refractivity contribution in [3.05, 3.63) is 89.5 Å². The lowest BCUT2D eigenvalue weighted by Crippen LogP contribution is -2.20. The van der Waals surface area contributed by atoms with Gasteiger partial charge >= 0.3 is 6.18 Å². The van der Waals surface area contributed by atoms with Gasteiger partial charge in [-0.1, -0.05) is 60.7 Å². The van der Waals surface area contributed by atoms with E-state index in [4.69, 9.17) is 0 Å². The van der Waals surface area contributed by atoms with E-state index < -0.39 is 11.7 Å². The van der Waals surface area contributed by atoms with E-state index in [9.17, 15) is 13.2 Å². The molecule has 26 heavy (non-hydrogen) atoms. The smallest absolute Gasteiger partial charge is 0.367 e. The molecule has 0 saturated carbocycles. The Bertz CT molecular complexity index is 916. The van der Waals surface area contributed by atoms with Crippen LogP contribution in [0.2, 0.25) is 0 Å². The zero-order chi connectivity index (χ0) is 18.1. The lowest BCUT2D eigenvalue weighted by atomic mass is 9.99. The van der Waals surface area contributed by atoms with Gasteiger partial charge < -0.3 is 4.90 Å².